The molecule has 1 heterocycles. The molecule has 2 rings (SSSR count). The van der Waals surface area contributed by atoms with Crippen LogP contribution < -0.4 is 0 Å². The minimum Gasteiger partial charge on any atom is -0.127 e. The maximum Gasteiger partial charge on any atom is 0.0273 e. The maximum atomic E-state index is 2.36. The number of allylic oxidation sites excluding steroid dienone is 1. The molecule has 14 heavy (non-hydrogen) atoms. The van der Waals surface area contributed by atoms with Crippen LogP contribution in [-0.2, 0) is 6.42 Å². The fourth-order valence-electron chi connectivity index (χ4n) is 1.83. The SMILES string of the molecule is CC1C=CSC1(C)Cc1ccccc1. The summed E-state index contributed by atoms with van der Waals surface area (Å²) in [6.07, 6.45) is 3.47. The summed E-state index contributed by atoms with van der Waals surface area (Å²) < 4.78 is 0.362. The molecule has 0 aromatic heterocycles. The van der Waals surface area contributed by atoms with E-state index in [0.717, 1.165) is 6.42 Å². The summed E-state index contributed by atoms with van der Waals surface area (Å²) in [5.74, 6) is 0.674. The lowest BCUT2D eigenvalue weighted by Crippen LogP contribution is -2.27. The molecule has 0 saturated carbocycles. The van der Waals surface area contributed by atoms with Crippen LogP contribution in [0.15, 0.2) is 41.8 Å². The van der Waals surface area contributed by atoms with Gasteiger partial charge in [-0.3, -0.25) is 0 Å². The van der Waals surface area contributed by atoms with Crippen LogP contribution in [-0.4, -0.2) is 4.75 Å². The maximum absolute atomic E-state index is 2.36. The predicted octanol–water partition coefficient (Wildman–Crippen LogP) is 3.88. The highest BCUT2D eigenvalue weighted by atomic mass is 32.2. The van der Waals surface area contributed by atoms with Crippen LogP contribution in [0, 0.1) is 5.92 Å². The highest BCUT2D eigenvalue weighted by Crippen LogP contribution is 2.42. The molecule has 0 N–H and O–H groups in total. The largest absolute Gasteiger partial charge is 0.127 e. The Morgan fingerprint density at radius 3 is 2.57 bits per heavy atom. The van der Waals surface area contributed by atoms with Gasteiger partial charge in [-0.15, -0.1) is 11.8 Å². The normalized spacial score (nSPS) is 30.9. The Bertz CT molecular complexity index is 328. The number of hydrogen-bond acceptors (Lipinski definition) is 1. The van der Waals surface area contributed by atoms with E-state index >= 15 is 0 Å². The van der Waals surface area contributed by atoms with Crippen LogP contribution in [0.25, 0.3) is 0 Å². The van der Waals surface area contributed by atoms with E-state index < -0.39 is 0 Å². The first-order chi connectivity index (χ1) is 6.71. The van der Waals surface area contributed by atoms with Gasteiger partial charge in [-0.1, -0.05) is 43.3 Å². The van der Waals surface area contributed by atoms with Crippen LogP contribution in [0.2, 0.25) is 0 Å². The summed E-state index contributed by atoms with van der Waals surface area (Å²) in [5.41, 5.74) is 1.44. The molecule has 2 unspecified atom stereocenters. The summed E-state index contributed by atoms with van der Waals surface area (Å²) in [6, 6.07) is 10.8. The molecule has 1 aromatic carbocycles. The second-order valence-corrected chi connectivity index (χ2v) is 5.65. The Balaban J connectivity index is 2.12. The van der Waals surface area contributed by atoms with Crippen LogP contribution in [0.5, 0.6) is 0 Å². The lowest BCUT2D eigenvalue weighted by Gasteiger charge is -2.28. The van der Waals surface area contributed by atoms with Gasteiger partial charge in [0.15, 0.2) is 0 Å². The van der Waals surface area contributed by atoms with Crippen molar-refractivity contribution < 1.29 is 0 Å². The van der Waals surface area contributed by atoms with E-state index in [4.69, 9.17) is 0 Å². The molecular formula is C13H16S. The fraction of sp³-hybridized carbons (Fsp3) is 0.385. The summed E-state index contributed by atoms with van der Waals surface area (Å²) in [7, 11) is 0. The molecule has 0 amide bonds. The van der Waals surface area contributed by atoms with E-state index in [1.807, 2.05) is 11.8 Å². The summed E-state index contributed by atoms with van der Waals surface area (Å²) in [5, 5.41) is 2.24. The van der Waals surface area contributed by atoms with Crippen LogP contribution in [0.1, 0.15) is 19.4 Å². The molecule has 74 valence electrons. The third kappa shape index (κ3) is 1.88. The average Bonchev–Trinajstić information content (AvgIpc) is 2.48. The van der Waals surface area contributed by atoms with Gasteiger partial charge in [0.05, 0.1) is 0 Å². The smallest absolute Gasteiger partial charge is 0.0273 e. The summed E-state index contributed by atoms with van der Waals surface area (Å²) in [6.45, 7) is 4.66. The minimum absolute atomic E-state index is 0.362. The molecule has 1 aliphatic heterocycles. The van der Waals surface area contributed by atoms with Crippen molar-refractivity contribution in [2.24, 2.45) is 5.92 Å². The van der Waals surface area contributed by atoms with Gasteiger partial charge in [0, 0.05) is 4.75 Å². The van der Waals surface area contributed by atoms with Crippen molar-refractivity contribution in [3.05, 3.63) is 47.4 Å². The Labute approximate surface area is 90.4 Å². The number of thioether (sulfide) groups is 1. The lowest BCUT2D eigenvalue weighted by molar-refractivity contribution is 0.519. The summed E-state index contributed by atoms with van der Waals surface area (Å²) in [4.78, 5) is 0. The van der Waals surface area contributed by atoms with Crippen molar-refractivity contribution in [2.75, 3.05) is 0 Å². The van der Waals surface area contributed by atoms with E-state index in [0.29, 0.717) is 10.7 Å². The zero-order valence-electron chi connectivity index (χ0n) is 8.73. The fourth-order valence-corrected chi connectivity index (χ4v) is 3.00. The Morgan fingerprint density at radius 2 is 2.00 bits per heavy atom. The molecule has 0 saturated heterocycles. The molecule has 1 aliphatic rings. The molecule has 0 aliphatic carbocycles. The zero-order valence-corrected chi connectivity index (χ0v) is 9.55. The third-order valence-corrected chi connectivity index (χ3v) is 4.41. The van der Waals surface area contributed by atoms with Gasteiger partial charge in [0.1, 0.15) is 0 Å². The van der Waals surface area contributed by atoms with Gasteiger partial charge in [0.25, 0.3) is 0 Å². The number of benzene rings is 1. The van der Waals surface area contributed by atoms with E-state index in [1.54, 1.807) is 0 Å². The van der Waals surface area contributed by atoms with E-state index in [2.05, 4.69) is 55.7 Å². The molecule has 0 nitrogen and oxygen atoms in total. The minimum atomic E-state index is 0.362. The topological polar surface area (TPSA) is 0 Å². The van der Waals surface area contributed by atoms with Crippen LogP contribution >= 0.6 is 11.8 Å². The second kappa shape index (κ2) is 3.82. The first-order valence-electron chi connectivity index (χ1n) is 5.09. The van der Waals surface area contributed by atoms with Crippen LogP contribution in [0.4, 0.5) is 0 Å². The van der Waals surface area contributed by atoms with Gasteiger partial charge in [-0.25, -0.2) is 0 Å². The highest BCUT2D eigenvalue weighted by Gasteiger charge is 2.33. The summed E-state index contributed by atoms with van der Waals surface area (Å²) >= 11 is 1.97. The lowest BCUT2D eigenvalue weighted by atomic mass is 9.89. The van der Waals surface area contributed by atoms with E-state index in [1.165, 1.54) is 5.56 Å². The van der Waals surface area contributed by atoms with Gasteiger partial charge >= 0.3 is 0 Å². The van der Waals surface area contributed by atoms with Crippen molar-refractivity contribution in [1.29, 1.82) is 0 Å². The van der Waals surface area contributed by atoms with Gasteiger partial charge in [-0.2, -0.15) is 0 Å². The number of hydrogen-bond donors (Lipinski definition) is 0. The first kappa shape index (κ1) is 9.85. The average molecular weight is 204 g/mol. The van der Waals surface area contributed by atoms with Gasteiger partial charge in [0.2, 0.25) is 0 Å². The van der Waals surface area contributed by atoms with E-state index in [-0.39, 0.29) is 0 Å². The highest BCUT2D eigenvalue weighted by molar-refractivity contribution is 8.03. The molecule has 1 heteroatoms. The standard InChI is InChI=1S/C13H16S/c1-11-8-9-14-13(11,2)10-12-6-4-3-5-7-12/h3-9,11H,10H2,1-2H3. The monoisotopic (exact) mass is 204 g/mol. The van der Waals surface area contributed by atoms with Gasteiger partial charge < -0.3 is 0 Å². The Kier molecular flexibility index (Phi) is 2.69. The quantitative estimate of drug-likeness (QED) is 0.704. The van der Waals surface area contributed by atoms with Crippen molar-refractivity contribution in [2.45, 2.75) is 25.0 Å². The second-order valence-electron chi connectivity index (χ2n) is 4.21. The first-order valence-corrected chi connectivity index (χ1v) is 5.97. The van der Waals surface area contributed by atoms with E-state index in [9.17, 15) is 0 Å². The zero-order chi connectivity index (χ0) is 10.0. The van der Waals surface area contributed by atoms with Crippen LogP contribution in [0.3, 0.4) is 0 Å². The number of rotatable bonds is 2. The molecule has 2 atom stereocenters. The Hall–Kier alpha value is -0.690. The Morgan fingerprint density at radius 1 is 1.29 bits per heavy atom. The molecule has 1 aromatic rings. The van der Waals surface area contributed by atoms with Crippen molar-refractivity contribution in [3.8, 4) is 0 Å². The van der Waals surface area contributed by atoms with Crippen molar-refractivity contribution in [3.63, 3.8) is 0 Å². The molecule has 0 bridgehead atoms. The molecule has 0 radical (unpaired) electrons. The predicted molar refractivity (Wildman–Crippen MR) is 64.4 cm³/mol. The molecule has 0 fully saturated rings. The third-order valence-electron chi connectivity index (χ3n) is 3.07. The molecular weight excluding hydrogens is 188 g/mol. The van der Waals surface area contributed by atoms with Crippen molar-refractivity contribution in [1.82, 2.24) is 0 Å². The molecule has 0 spiro atoms. The van der Waals surface area contributed by atoms with Gasteiger partial charge in [-0.05, 0) is 30.2 Å². The van der Waals surface area contributed by atoms with Crippen molar-refractivity contribution >= 4 is 11.8 Å².